The van der Waals surface area contributed by atoms with Crippen molar-refractivity contribution in [3.8, 4) is 0 Å². The van der Waals surface area contributed by atoms with Gasteiger partial charge in [-0.15, -0.1) is 11.3 Å². The van der Waals surface area contributed by atoms with Crippen molar-refractivity contribution in [3.05, 3.63) is 55.2 Å². The maximum absolute atomic E-state index is 10.1. The van der Waals surface area contributed by atoms with E-state index in [0.29, 0.717) is 19.3 Å². The van der Waals surface area contributed by atoms with Crippen molar-refractivity contribution in [1.29, 1.82) is 0 Å². The van der Waals surface area contributed by atoms with Gasteiger partial charge in [-0.3, -0.25) is 0 Å². The third-order valence-corrected chi connectivity index (χ3v) is 3.93. The summed E-state index contributed by atoms with van der Waals surface area (Å²) >= 11 is 18.8. The van der Waals surface area contributed by atoms with Crippen molar-refractivity contribution >= 4 is 46.1 Å². The van der Waals surface area contributed by atoms with Gasteiger partial charge in [-0.2, -0.15) is 0 Å². The van der Waals surface area contributed by atoms with Gasteiger partial charge in [0.2, 0.25) is 0 Å². The number of benzene rings is 1. The van der Waals surface area contributed by atoms with Crippen molar-refractivity contribution in [2.45, 2.75) is 6.10 Å². The van der Waals surface area contributed by atoms with Crippen LogP contribution in [-0.4, -0.2) is 5.11 Å². The highest BCUT2D eigenvalue weighted by molar-refractivity contribution is 7.20. The van der Waals surface area contributed by atoms with E-state index in [-0.39, 0.29) is 0 Å². The van der Waals surface area contributed by atoms with Gasteiger partial charge in [-0.25, -0.2) is 0 Å². The second-order valence-corrected chi connectivity index (χ2v) is 5.96. The molecule has 0 bridgehead atoms. The van der Waals surface area contributed by atoms with Crippen LogP contribution in [0.4, 0.5) is 0 Å². The molecule has 0 amide bonds. The van der Waals surface area contributed by atoms with Crippen molar-refractivity contribution in [2.24, 2.45) is 0 Å². The summed E-state index contributed by atoms with van der Waals surface area (Å²) < 4.78 is 1.07. The zero-order chi connectivity index (χ0) is 11.7. The molecule has 5 heteroatoms. The Kier molecular flexibility index (Phi) is 3.77. The summed E-state index contributed by atoms with van der Waals surface area (Å²) in [4.78, 5) is 0. The first-order chi connectivity index (χ1) is 7.58. The number of aliphatic hydroxyl groups is 1. The van der Waals surface area contributed by atoms with Crippen LogP contribution in [0.5, 0.6) is 0 Å². The van der Waals surface area contributed by atoms with Gasteiger partial charge >= 0.3 is 0 Å². The Labute approximate surface area is 112 Å². The second kappa shape index (κ2) is 4.94. The van der Waals surface area contributed by atoms with E-state index in [9.17, 15) is 5.11 Å². The molecule has 1 unspecified atom stereocenters. The first-order valence-corrected chi connectivity index (χ1v) is 6.41. The monoisotopic (exact) mass is 292 g/mol. The Balaban J connectivity index is 2.35. The molecule has 1 aromatic heterocycles. The summed E-state index contributed by atoms with van der Waals surface area (Å²) in [5.41, 5.74) is 1.36. The third-order valence-electron chi connectivity index (χ3n) is 2.16. The van der Waals surface area contributed by atoms with Crippen LogP contribution >= 0.6 is 46.1 Å². The van der Waals surface area contributed by atoms with E-state index in [1.807, 2.05) is 0 Å². The molecular weight excluding hydrogens is 287 g/mol. The standard InChI is InChI=1S/C11H7Cl3OS/c12-7-3-1-6(2-4-7)10(15)8-5-9(13)16-11(8)14/h1-5,10,15H. The molecule has 0 spiro atoms. The first kappa shape index (κ1) is 12.2. The fourth-order valence-electron chi connectivity index (χ4n) is 1.36. The number of aliphatic hydroxyl groups excluding tert-OH is 1. The van der Waals surface area contributed by atoms with E-state index < -0.39 is 6.10 Å². The number of thiophene rings is 1. The largest absolute Gasteiger partial charge is 0.384 e. The Morgan fingerprint density at radius 2 is 1.69 bits per heavy atom. The zero-order valence-corrected chi connectivity index (χ0v) is 11.0. The van der Waals surface area contributed by atoms with Gasteiger partial charge in [0.1, 0.15) is 10.4 Å². The van der Waals surface area contributed by atoms with E-state index in [1.54, 1.807) is 30.3 Å². The lowest BCUT2D eigenvalue weighted by molar-refractivity contribution is 0.221. The SMILES string of the molecule is OC(c1ccc(Cl)cc1)c1cc(Cl)sc1Cl. The first-order valence-electron chi connectivity index (χ1n) is 4.46. The number of halogens is 3. The second-order valence-electron chi connectivity index (χ2n) is 3.23. The molecule has 1 aromatic carbocycles. The fraction of sp³-hybridized carbons (Fsp3) is 0.0909. The topological polar surface area (TPSA) is 20.2 Å². The molecule has 0 saturated heterocycles. The molecule has 1 atom stereocenters. The maximum atomic E-state index is 10.1. The predicted molar refractivity (Wildman–Crippen MR) is 69.9 cm³/mol. The molecular formula is C11H7Cl3OS. The average molecular weight is 294 g/mol. The summed E-state index contributed by atoms with van der Waals surface area (Å²) in [6.07, 6.45) is -0.770. The molecule has 2 aromatic rings. The Bertz CT molecular complexity index is 492. The molecule has 0 radical (unpaired) electrons. The highest BCUT2D eigenvalue weighted by Crippen LogP contribution is 2.37. The predicted octanol–water partition coefficient (Wildman–Crippen LogP) is 4.79. The highest BCUT2D eigenvalue weighted by atomic mass is 35.5. The van der Waals surface area contributed by atoms with Gasteiger partial charge < -0.3 is 5.11 Å². The fourth-order valence-corrected chi connectivity index (χ4v) is 3.01. The minimum Gasteiger partial charge on any atom is -0.384 e. The van der Waals surface area contributed by atoms with Crippen molar-refractivity contribution in [3.63, 3.8) is 0 Å². The summed E-state index contributed by atoms with van der Waals surface area (Å²) in [5.74, 6) is 0. The molecule has 16 heavy (non-hydrogen) atoms. The van der Waals surface area contributed by atoms with Gasteiger partial charge in [-0.1, -0.05) is 46.9 Å². The third kappa shape index (κ3) is 2.53. The highest BCUT2D eigenvalue weighted by Gasteiger charge is 2.16. The van der Waals surface area contributed by atoms with Gasteiger partial charge in [0.25, 0.3) is 0 Å². The lowest BCUT2D eigenvalue weighted by Gasteiger charge is -2.09. The Morgan fingerprint density at radius 1 is 1.06 bits per heavy atom. The molecule has 2 rings (SSSR count). The lowest BCUT2D eigenvalue weighted by Crippen LogP contribution is -1.97. The summed E-state index contributed by atoms with van der Waals surface area (Å²) in [6.45, 7) is 0. The molecule has 1 N–H and O–H groups in total. The smallest absolute Gasteiger partial charge is 0.106 e. The van der Waals surface area contributed by atoms with Crippen LogP contribution in [0.25, 0.3) is 0 Å². The number of rotatable bonds is 2. The minimum absolute atomic E-state index is 0.507. The Hall–Kier alpha value is -0.250. The van der Waals surface area contributed by atoms with Gasteiger partial charge in [0, 0.05) is 10.6 Å². The van der Waals surface area contributed by atoms with E-state index >= 15 is 0 Å². The number of hydrogen-bond donors (Lipinski definition) is 1. The minimum atomic E-state index is -0.770. The summed E-state index contributed by atoms with van der Waals surface area (Å²) in [5, 5.41) is 10.7. The maximum Gasteiger partial charge on any atom is 0.106 e. The van der Waals surface area contributed by atoms with E-state index in [0.717, 1.165) is 5.56 Å². The van der Waals surface area contributed by atoms with Crippen LogP contribution < -0.4 is 0 Å². The van der Waals surface area contributed by atoms with Crippen LogP contribution in [0.3, 0.4) is 0 Å². The normalized spacial score (nSPS) is 12.8. The molecule has 0 aliphatic carbocycles. The molecule has 84 valence electrons. The number of hydrogen-bond acceptors (Lipinski definition) is 2. The van der Waals surface area contributed by atoms with E-state index in [2.05, 4.69) is 0 Å². The molecule has 0 fully saturated rings. The van der Waals surface area contributed by atoms with Crippen LogP contribution in [0.2, 0.25) is 13.7 Å². The molecule has 0 aliphatic heterocycles. The van der Waals surface area contributed by atoms with E-state index in [4.69, 9.17) is 34.8 Å². The van der Waals surface area contributed by atoms with Crippen LogP contribution in [-0.2, 0) is 0 Å². The van der Waals surface area contributed by atoms with E-state index in [1.165, 1.54) is 11.3 Å². The van der Waals surface area contributed by atoms with Crippen LogP contribution in [0, 0.1) is 0 Å². The Morgan fingerprint density at radius 3 is 2.19 bits per heavy atom. The van der Waals surface area contributed by atoms with Crippen LogP contribution in [0.15, 0.2) is 30.3 Å². The average Bonchev–Trinajstić information content (AvgIpc) is 2.58. The van der Waals surface area contributed by atoms with Crippen LogP contribution in [0.1, 0.15) is 17.2 Å². The molecule has 1 nitrogen and oxygen atoms in total. The zero-order valence-electron chi connectivity index (χ0n) is 7.95. The van der Waals surface area contributed by atoms with Gasteiger partial charge in [0.15, 0.2) is 0 Å². The quantitative estimate of drug-likeness (QED) is 0.844. The van der Waals surface area contributed by atoms with Crippen molar-refractivity contribution in [2.75, 3.05) is 0 Å². The van der Waals surface area contributed by atoms with Gasteiger partial charge in [-0.05, 0) is 23.8 Å². The van der Waals surface area contributed by atoms with Crippen molar-refractivity contribution < 1.29 is 5.11 Å². The summed E-state index contributed by atoms with van der Waals surface area (Å²) in [6, 6.07) is 8.64. The molecule has 0 aliphatic rings. The summed E-state index contributed by atoms with van der Waals surface area (Å²) in [7, 11) is 0. The molecule has 0 saturated carbocycles. The lowest BCUT2D eigenvalue weighted by atomic mass is 10.0. The molecule has 1 heterocycles. The van der Waals surface area contributed by atoms with Crippen molar-refractivity contribution in [1.82, 2.24) is 0 Å². The van der Waals surface area contributed by atoms with Gasteiger partial charge in [0.05, 0.1) is 4.34 Å².